The SMILES string of the molecule is CCc1nnc(COC(=O)c2ccc3c(c2)OCO3)o1. The molecule has 3 rings (SSSR count). The summed E-state index contributed by atoms with van der Waals surface area (Å²) >= 11 is 0. The van der Waals surface area contributed by atoms with Crippen molar-refractivity contribution in [2.75, 3.05) is 6.79 Å². The van der Waals surface area contributed by atoms with E-state index < -0.39 is 5.97 Å². The summed E-state index contributed by atoms with van der Waals surface area (Å²) < 4.78 is 20.7. The van der Waals surface area contributed by atoms with E-state index in [4.69, 9.17) is 18.6 Å². The van der Waals surface area contributed by atoms with Crippen LogP contribution in [0, 0.1) is 0 Å². The summed E-state index contributed by atoms with van der Waals surface area (Å²) in [5.74, 6) is 1.45. The highest BCUT2D eigenvalue weighted by Gasteiger charge is 2.17. The van der Waals surface area contributed by atoms with Crippen LogP contribution in [0.15, 0.2) is 22.6 Å². The van der Waals surface area contributed by atoms with Gasteiger partial charge in [0.2, 0.25) is 12.7 Å². The summed E-state index contributed by atoms with van der Waals surface area (Å²) in [4.78, 5) is 11.9. The van der Waals surface area contributed by atoms with Gasteiger partial charge in [-0.1, -0.05) is 6.92 Å². The Morgan fingerprint density at radius 2 is 2.05 bits per heavy atom. The molecule has 0 unspecified atom stereocenters. The third-order valence-corrected chi connectivity index (χ3v) is 2.75. The van der Waals surface area contributed by atoms with Crippen molar-refractivity contribution in [3.8, 4) is 11.5 Å². The van der Waals surface area contributed by atoms with Crippen LogP contribution in [-0.4, -0.2) is 23.0 Å². The van der Waals surface area contributed by atoms with Crippen LogP contribution in [-0.2, 0) is 17.8 Å². The molecular formula is C13H12N2O5. The van der Waals surface area contributed by atoms with E-state index in [0.29, 0.717) is 29.4 Å². The lowest BCUT2D eigenvalue weighted by atomic mass is 10.2. The normalized spacial score (nSPS) is 12.4. The van der Waals surface area contributed by atoms with E-state index in [0.717, 1.165) is 0 Å². The van der Waals surface area contributed by atoms with E-state index in [1.54, 1.807) is 18.2 Å². The molecule has 0 radical (unpaired) electrons. The smallest absolute Gasteiger partial charge is 0.338 e. The van der Waals surface area contributed by atoms with Gasteiger partial charge in [-0.05, 0) is 18.2 Å². The van der Waals surface area contributed by atoms with Crippen LogP contribution in [0.1, 0.15) is 29.1 Å². The molecule has 2 aromatic rings. The minimum Gasteiger partial charge on any atom is -0.454 e. The van der Waals surface area contributed by atoms with Crippen LogP contribution in [0.5, 0.6) is 11.5 Å². The Labute approximate surface area is 114 Å². The van der Waals surface area contributed by atoms with Gasteiger partial charge < -0.3 is 18.6 Å². The molecule has 7 heteroatoms. The highest BCUT2D eigenvalue weighted by Crippen LogP contribution is 2.32. The zero-order valence-electron chi connectivity index (χ0n) is 10.8. The Morgan fingerprint density at radius 1 is 1.25 bits per heavy atom. The Morgan fingerprint density at radius 3 is 2.85 bits per heavy atom. The molecule has 0 atom stereocenters. The molecule has 0 saturated carbocycles. The number of hydrogen-bond donors (Lipinski definition) is 0. The number of carbonyl (C=O) groups is 1. The zero-order valence-corrected chi connectivity index (χ0v) is 10.8. The predicted octanol–water partition coefficient (Wildman–Crippen LogP) is 1.72. The molecule has 2 heterocycles. The maximum atomic E-state index is 11.9. The minimum absolute atomic E-state index is 0.0553. The summed E-state index contributed by atoms with van der Waals surface area (Å²) in [6, 6.07) is 4.86. The molecule has 7 nitrogen and oxygen atoms in total. The zero-order chi connectivity index (χ0) is 13.9. The van der Waals surface area contributed by atoms with Crippen LogP contribution in [0.2, 0.25) is 0 Å². The average molecular weight is 276 g/mol. The topological polar surface area (TPSA) is 83.7 Å². The van der Waals surface area contributed by atoms with Gasteiger partial charge in [-0.25, -0.2) is 4.79 Å². The van der Waals surface area contributed by atoms with E-state index in [1.807, 2.05) is 6.92 Å². The van der Waals surface area contributed by atoms with Crippen LogP contribution in [0.25, 0.3) is 0 Å². The first-order valence-electron chi connectivity index (χ1n) is 6.14. The van der Waals surface area contributed by atoms with Crippen LogP contribution in [0.3, 0.4) is 0 Å². The fourth-order valence-corrected chi connectivity index (χ4v) is 1.72. The van der Waals surface area contributed by atoms with Gasteiger partial charge in [0.15, 0.2) is 18.1 Å². The third kappa shape index (κ3) is 2.42. The fourth-order valence-electron chi connectivity index (χ4n) is 1.72. The Bertz CT molecular complexity index is 637. The van der Waals surface area contributed by atoms with E-state index in [-0.39, 0.29) is 19.3 Å². The highest BCUT2D eigenvalue weighted by molar-refractivity contribution is 5.90. The van der Waals surface area contributed by atoms with Gasteiger partial charge in [-0.15, -0.1) is 10.2 Å². The third-order valence-electron chi connectivity index (χ3n) is 2.75. The molecule has 0 bridgehead atoms. The molecule has 1 aliphatic rings. The van der Waals surface area contributed by atoms with Gasteiger partial charge in [0.1, 0.15) is 0 Å². The van der Waals surface area contributed by atoms with E-state index >= 15 is 0 Å². The molecule has 0 amide bonds. The number of fused-ring (bicyclic) bond motifs is 1. The highest BCUT2D eigenvalue weighted by atomic mass is 16.7. The molecule has 0 N–H and O–H groups in total. The number of carbonyl (C=O) groups excluding carboxylic acids is 1. The maximum Gasteiger partial charge on any atom is 0.338 e. The predicted molar refractivity (Wildman–Crippen MR) is 65.4 cm³/mol. The number of rotatable bonds is 4. The van der Waals surface area contributed by atoms with Crippen molar-refractivity contribution in [3.05, 3.63) is 35.5 Å². The van der Waals surface area contributed by atoms with Crippen LogP contribution in [0.4, 0.5) is 0 Å². The van der Waals surface area contributed by atoms with Crippen molar-refractivity contribution in [1.82, 2.24) is 10.2 Å². The van der Waals surface area contributed by atoms with Gasteiger partial charge in [-0.3, -0.25) is 0 Å². The molecule has 20 heavy (non-hydrogen) atoms. The first-order chi connectivity index (χ1) is 9.76. The molecule has 104 valence electrons. The Hall–Kier alpha value is -2.57. The molecule has 0 saturated heterocycles. The molecule has 1 aliphatic heterocycles. The molecule has 1 aromatic carbocycles. The molecule has 0 spiro atoms. The van der Waals surface area contributed by atoms with Gasteiger partial charge in [0.05, 0.1) is 5.56 Å². The quantitative estimate of drug-likeness (QED) is 0.786. The first-order valence-corrected chi connectivity index (χ1v) is 6.14. The standard InChI is InChI=1S/C13H12N2O5/c1-2-11-14-15-12(20-11)6-17-13(16)8-3-4-9-10(5-8)19-7-18-9/h3-5H,2,6-7H2,1H3. The number of hydrogen-bond acceptors (Lipinski definition) is 7. The van der Waals surface area contributed by atoms with Crippen molar-refractivity contribution in [2.24, 2.45) is 0 Å². The van der Waals surface area contributed by atoms with Crippen LogP contribution < -0.4 is 9.47 Å². The van der Waals surface area contributed by atoms with Gasteiger partial charge in [-0.2, -0.15) is 0 Å². The number of ether oxygens (including phenoxy) is 3. The van der Waals surface area contributed by atoms with Crippen molar-refractivity contribution < 1.29 is 23.4 Å². The first kappa shape index (κ1) is 12.5. The van der Waals surface area contributed by atoms with Crippen molar-refractivity contribution in [2.45, 2.75) is 20.0 Å². The van der Waals surface area contributed by atoms with Crippen molar-refractivity contribution in [1.29, 1.82) is 0 Å². The van der Waals surface area contributed by atoms with Crippen LogP contribution >= 0.6 is 0 Å². The largest absolute Gasteiger partial charge is 0.454 e. The second-order valence-electron chi connectivity index (χ2n) is 4.09. The summed E-state index contributed by atoms with van der Waals surface area (Å²) in [6.07, 6.45) is 0.642. The monoisotopic (exact) mass is 276 g/mol. The second-order valence-corrected chi connectivity index (χ2v) is 4.09. The number of esters is 1. The second kappa shape index (κ2) is 5.20. The van der Waals surface area contributed by atoms with Gasteiger partial charge >= 0.3 is 5.97 Å². The molecular weight excluding hydrogens is 264 g/mol. The number of aromatic nitrogens is 2. The fraction of sp³-hybridized carbons (Fsp3) is 0.308. The molecule has 0 fully saturated rings. The van der Waals surface area contributed by atoms with Gasteiger partial charge in [0, 0.05) is 6.42 Å². The lowest BCUT2D eigenvalue weighted by molar-refractivity contribution is 0.0436. The summed E-state index contributed by atoms with van der Waals surface area (Å²) in [5.41, 5.74) is 0.379. The number of nitrogens with zero attached hydrogens (tertiary/aromatic N) is 2. The summed E-state index contributed by atoms with van der Waals surface area (Å²) in [7, 11) is 0. The number of benzene rings is 1. The van der Waals surface area contributed by atoms with Crippen molar-refractivity contribution >= 4 is 5.97 Å². The van der Waals surface area contributed by atoms with Crippen molar-refractivity contribution in [3.63, 3.8) is 0 Å². The van der Waals surface area contributed by atoms with E-state index in [1.165, 1.54) is 0 Å². The molecule has 0 aliphatic carbocycles. The Balaban J connectivity index is 1.64. The Kier molecular flexibility index (Phi) is 3.24. The summed E-state index contributed by atoms with van der Waals surface area (Å²) in [5, 5.41) is 7.56. The summed E-state index contributed by atoms with van der Waals surface area (Å²) in [6.45, 7) is 2.01. The van der Waals surface area contributed by atoms with E-state index in [2.05, 4.69) is 10.2 Å². The number of aryl methyl sites for hydroxylation is 1. The average Bonchev–Trinajstić information content (AvgIpc) is 3.12. The lowest BCUT2D eigenvalue weighted by Gasteiger charge is -2.03. The van der Waals surface area contributed by atoms with E-state index in [9.17, 15) is 4.79 Å². The lowest BCUT2D eigenvalue weighted by Crippen LogP contribution is -2.05. The minimum atomic E-state index is -0.487. The van der Waals surface area contributed by atoms with Gasteiger partial charge in [0.25, 0.3) is 5.89 Å². The molecule has 1 aromatic heterocycles. The maximum absolute atomic E-state index is 11.9.